The minimum atomic E-state index is -0.272. The molecule has 2 atom stereocenters. The molecule has 1 fully saturated rings. The number of hydrogen-bond acceptors (Lipinski definition) is 2. The predicted octanol–water partition coefficient (Wildman–Crippen LogP) is 3.73. The molecule has 0 spiro atoms. The molecule has 1 aromatic rings. The minimum absolute atomic E-state index is 0. The van der Waals surface area contributed by atoms with Crippen LogP contribution in [0, 0.1) is 17.7 Å². The first-order valence-corrected chi connectivity index (χ1v) is 8.28. The van der Waals surface area contributed by atoms with Crippen LogP contribution in [0.25, 0.3) is 0 Å². The van der Waals surface area contributed by atoms with Gasteiger partial charge in [-0.25, -0.2) is 4.39 Å². The Hall–Kier alpha value is -0.650. The summed E-state index contributed by atoms with van der Waals surface area (Å²) in [5.41, 5.74) is 6.31. The van der Waals surface area contributed by atoms with Gasteiger partial charge in [-0.2, -0.15) is 0 Å². The van der Waals surface area contributed by atoms with E-state index in [1.54, 1.807) is 17.0 Å². The highest BCUT2D eigenvalue weighted by Gasteiger charge is 2.34. The van der Waals surface area contributed by atoms with Crippen molar-refractivity contribution in [3.63, 3.8) is 0 Å². The lowest BCUT2D eigenvalue weighted by Gasteiger charge is -2.27. The van der Waals surface area contributed by atoms with E-state index in [2.05, 4.69) is 15.9 Å². The summed E-state index contributed by atoms with van der Waals surface area (Å²) in [4.78, 5) is 14.4. The van der Waals surface area contributed by atoms with Crippen LogP contribution in [-0.4, -0.2) is 23.9 Å². The summed E-state index contributed by atoms with van der Waals surface area (Å²) < 4.78 is 14.7. The molecule has 1 aliphatic carbocycles. The van der Waals surface area contributed by atoms with Gasteiger partial charge in [0.15, 0.2) is 0 Å². The van der Waals surface area contributed by atoms with E-state index in [0.29, 0.717) is 25.2 Å². The Morgan fingerprint density at radius 3 is 2.82 bits per heavy atom. The van der Waals surface area contributed by atoms with Crippen LogP contribution in [0.4, 0.5) is 4.39 Å². The predicted molar refractivity (Wildman–Crippen MR) is 92.3 cm³/mol. The first-order valence-electron chi connectivity index (χ1n) is 7.49. The van der Waals surface area contributed by atoms with Crippen LogP contribution >= 0.6 is 28.3 Å². The molecule has 6 heteroatoms. The molecule has 1 amide bonds. The fourth-order valence-corrected chi connectivity index (χ4v) is 3.50. The van der Waals surface area contributed by atoms with Crippen LogP contribution in [0.3, 0.4) is 0 Å². The average Bonchev–Trinajstić information content (AvgIpc) is 2.95. The highest BCUT2D eigenvalue weighted by molar-refractivity contribution is 9.10. The van der Waals surface area contributed by atoms with Gasteiger partial charge < -0.3 is 10.6 Å². The molecule has 3 nitrogen and oxygen atoms in total. The molecule has 2 N–H and O–H groups in total. The number of halogens is 3. The molecule has 0 aromatic heterocycles. The van der Waals surface area contributed by atoms with Crippen molar-refractivity contribution >= 4 is 34.2 Å². The molecule has 1 saturated carbocycles. The molecule has 0 heterocycles. The van der Waals surface area contributed by atoms with Crippen LogP contribution in [-0.2, 0) is 11.3 Å². The Balaban J connectivity index is 0.00000242. The monoisotopic (exact) mass is 392 g/mol. The number of benzene rings is 1. The fourth-order valence-electron chi connectivity index (χ4n) is 3.09. The number of nitrogens with two attached hydrogens (primary N) is 1. The second-order valence-electron chi connectivity index (χ2n) is 5.62. The summed E-state index contributed by atoms with van der Waals surface area (Å²) in [6.45, 7) is 3.38. The van der Waals surface area contributed by atoms with E-state index in [-0.39, 0.29) is 36.0 Å². The third-order valence-electron chi connectivity index (χ3n) is 4.34. The van der Waals surface area contributed by atoms with E-state index in [4.69, 9.17) is 5.73 Å². The SMILES string of the molecule is CCN(Cc1cc(Br)ccc1F)C(=O)[C@@H]1CCC[C@@H]1CN.Cl. The number of nitrogens with zero attached hydrogens (tertiary/aromatic N) is 1. The lowest BCUT2D eigenvalue weighted by atomic mass is 9.94. The maximum Gasteiger partial charge on any atom is 0.226 e. The molecule has 1 aromatic carbocycles. The van der Waals surface area contributed by atoms with Crippen molar-refractivity contribution in [2.75, 3.05) is 13.1 Å². The van der Waals surface area contributed by atoms with Gasteiger partial charge in [-0.3, -0.25) is 4.79 Å². The Morgan fingerprint density at radius 1 is 1.45 bits per heavy atom. The van der Waals surface area contributed by atoms with E-state index in [9.17, 15) is 9.18 Å². The largest absolute Gasteiger partial charge is 0.338 e. The van der Waals surface area contributed by atoms with Gasteiger partial charge in [0.05, 0.1) is 0 Å². The lowest BCUT2D eigenvalue weighted by molar-refractivity contribution is -0.137. The first kappa shape index (κ1) is 19.4. The van der Waals surface area contributed by atoms with Crippen molar-refractivity contribution in [1.82, 2.24) is 4.90 Å². The molecule has 22 heavy (non-hydrogen) atoms. The quantitative estimate of drug-likeness (QED) is 0.828. The van der Waals surface area contributed by atoms with Crippen molar-refractivity contribution < 1.29 is 9.18 Å². The van der Waals surface area contributed by atoms with E-state index >= 15 is 0 Å². The van der Waals surface area contributed by atoms with Crippen LogP contribution in [0.1, 0.15) is 31.7 Å². The smallest absolute Gasteiger partial charge is 0.226 e. The van der Waals surface area contributed by atoms with Gasteiger partial charge in [0, 0.05) is 29.0 Å². The normalized spacial score (nSPS) is 20.5. The topological polar surface area (TPSA) is 46.3 Å². The third-order valence-corrected chi connectivity index (χ3v) is 4.83. The third kappa shape index (κ3) is 4.43. The van der Waals surface area contributed by atoms with Gasteiger partial charge in [-0.1, -0.05) is 22.4 Å². The van der Waals surface area contributed by atoms with Crippen LogP contribution < -0.4 is 5.73 Å². The average molecular weight is 394 g/mol. The summed E-state index contributed by atoms with van der Waals surface area (Å²) >= 11 is 3.35. The van der Waals surface area contributed by atoms with Crippen molar-refractivity contribution in [2.45, 2.75) is 32.7 Å². The second kappa shape index (κ2) is 8.85. The second-order valence-corrected chi connectivity index (χ2v) is 6.54. The van der Waals surface area contributed by atoms with Crippen molar-refractivity contribution in [2.24, 2.45) is 17.6 Å². The summed E-state index contributed by atoms with van der Waals surface area (Å²) in [5.74, 6) is 0.125. The van der Waals surface area contributed by atoms with Gasteiger partial charge in [0.1, 0.15) is 5.82 Å². The van der Waals surface area contributed by atoms with Gasteiger partial charge >= 0.3 is 0 Å². The Labute approximate surface area is 146 Å². The van der Waals surface area contributed by atoms with E-state index < -0.39 is 0 Å². The molecule has 124 valence electrons. The summed E-state index contributed by atoms with van der Waals surface area (Å²) in [7, 11) is 0. The molecule has 0 radical (unpaired) electrons. The highest BCUT2D eigenvalue weighted by atomic mass is 79.9. The van der Waals surface area contributed by atoms with Gasteiger partial charge in [0.25, 0.3) is 0 Å². The van der Waals surface area contributed by atoms with Crippen LogP contribution in [0.5, 0.6) is 0 Å². The highest BCUT2D eigenvalue weighted by Crippen LogP contribution is 2.32. The van der Waals surface area contributed by atoms with E-state index in [1.807, 2.05) is 6.92 Å². The van der Waals surface area contributed by atoms with Crippen molar-refractivity contribution in [3.8, 4) is 0 Å². The number of carbonyl (C=O) groups excluding carboxylic acids is 1. The molecule has 0 saturated heterocycles. The maximum absolute atomic E-state index is 13.9. The first-order chi connectivity index (χ1) is 10.1. The number of hydrogen-bond donors (Lipinski definition) is 1. The van der Waals surface area contributed by atoms with Crippen LogP contribution in [0.2, 0.25) is 0 Å². The summed E-state index contributed by atoms with van der Waals surface area (Å²) in [5, 5.41) is 0. The van der Waals surface area contributed by atoms with Gasteiger partial charge in [-0.15, -0.1) is 12.4 Å². The zero-order valence-corrected chi connectivity index (χ0v) is 15.1. The van der Waals surface area contributed by atoms with Crippen LogP contribution in [0.15, 0.2) is 22.7 Å². The Kier molecular flexibility index (Phi) is 7.80. The number of rotatable bonds is 5. The minimum Gasteiger partial charge on any atom is -0.338 e. The summed E-state index contributed by atoms with van der Waals surface area (Å²) in [6.07, 6.45) is 2.98. The molecular formula is C16H23BrClFN2O. The molecule has 1 aliphatic rings. The molecule has 0 unspecified atom stereocenters. The molecule has 0 aliphatic heterocycles. The maximum atomic E-state index is 13.9. The zero-order valence-electron chi connectivity index (χ0n) is 12.7. The van der Waals surface area contributed by atoms with E-state index in [0.717, 1.165) is 23.7 Å². The Bertz CT molecular complexity index is 515. The molecular weight excluding hydrogens is 371 g/mol. The summed E-state index contributed by atoms with van der Waals surface area (Å²) in [6, 6.07) is 4.83. The standard InChI is InChI=1S/C16H22BrFN2O.ClH/c1-2-20(10-12-8-13(17)6-7-15(12)18)16(21)14-5-3-4-11(14)9-19;/h6-8,11,14H,2-5,9-10,19H2,1H3;1H/t11-,14-;/m1./s1. The lowest BCUT2D eigenvalue weighted by Crippen LogP contribution is -2.38. The number of amides is 1. The van der Waals surface area contributed by atoms with E-state index in [1.165, 1.54) is 6.07 Å². The molecule has 0 bridgehead atoms. The fraction of sp³-hybridized carbons (Fsp3) is 0.562. The van der Waals surface area contributed by atoms with Crippen molar-refractivity contribution in [3.05, 3.63) is 34.1 Å². The molecule has 2 rings (SSSR count). The zero-order chi connectivity index (χ0) is 15.4. The van der Waals surface area contributed by atoms with Gasteiger partial charge in [-0.05, 0) is 50.4 Å². The van der Waals surface area contributed by atoms with Crippen molar-refractivity contribution in [1.29, 1.82) is 0 Å². The van der Waals surface area contributed by atoms with Gasteiger partial charge in [0.2, 0.25) is 5.91 Å². The Morgan fingerprint density at radius 2 is 2.18 bits per heavy atom. The number of carbonyl (C=O) groups is 1.